The molecule has 1 fully saturated rings. The summed E-state index contributed by atoms with van der Waals surface area (Å²) in [6.45, 7) is 1.14. The van der Waals surface area contributed by atoms with Crippen LogP contribution in [0.1, 0.15) is 35.2 Å². The standard InChI is InChI=1S/C22H27N3O2.ClH/c23-15-18-7-4-8-20(18)22(27)25-19-11-9-17(10-12-19)21(26)24-14-13-16-5-2-1-3-6-16;/h1-3,5-6,9-12,18,20H,4,7-8,13-15,23H2,(H,24,26)(H,25,27);1H/t18-,20-;/m1./s1. The summed E-state index contributed by atoms with van der Waals surface area (Å²) >= 11 is 0. The molecule has 6 heteroatoms. The Hall–Kier alpha value is -2.37. The Kier molecular flexibility index (Phi) is 8.48. The van der Waals surface area contributed by atoms with E-state index in [-0.39, 0.29) is 36.1 Å². The van der Waals surface area contributed by atoms with Gasteiger partial charge >= 0.3 is 0 Å². The molecular weight excluding hydrogens is 374 g/mol. The maximum Gasteiger partial charge on any atom is 0.251 e. The minimum absolute atomic E-state index is 0. The number of hydrogen-bond donors (Lipinski definition) is 3. The van der Waals surface area contributed by atoms with Gasteiger partial charge in [-0.25, -0.2) is 0 Å². The van der Waals surface area contributed by atoms with Gasteiger partial charge in [0.05, 0.1) is 0 Å². The highest BCUT2D eigenvalue weighted by atomic mass is 35.5. The normalized spacial score (nSPS) is 18.2. The summed E-state index contributed by atoms with van der Waals surface area (Å²) in [6.07, 6.45) is 3.78. The van der Waals surface area contributed by atoms with Gasteiger partial charge in [-0.15, -0.1) is 12.4 Å². The molecule has 1 saturated carbocycles. The van der Waals surface area contributed by atoms with Gasteiger partial charge in [0.15, 0.2) is 0 Å². The number of benzene rings is 2. The lowest BCUT2D eigenvalue weighted by Crippen LogP contribution is -2.29. The molecule has 3 rings (SSSR count). The Labute approximate surface area is 172 Å². The lowest BCUT2D eigenvalue weighted by Gasteiger charge is -2.17. The van der Waals surface area contributed by atoms with Gasteiger partial charge in [-0.05, 0) is 61.6 Å². The van der Waals surface area contributed by atoms with Gasteiger partial charge in [0, 0.05) is 23.7 Å². The van der Waals surface area contributed by atoms with Gasteiger partial charge in [-0.3, -0.25) is 9.59 Å². The zero-order chi connectivity index (χ0) is 19.1. The van der Waals surface area contributed by atoms with E-state index in [1.165, 1.54) is 5.56 Å². The molecule has 2 amide bonds. The van der Waals surface area contributed by atoms with Gasteiger partial charge < -0.3 is 16.4 Å². The number of nitrogens with one attached hydrogen (secondary N) is 2. The summed E-state index contributed by atoms with van der Waals surface area (Å²) in [5, 5.41) is 5.88. The van der Waals surface area contributed by atoms with E-state index in [2.05, 4.69) is 10.6 Å². The SMILES string of the molecule is Cl.NC[C@H]1CCC[C@H]1C(=O)Nc1ccc(C(=O)NCCc2ccccc2)cc1. The Balaban J connectivity index is 0.00000280. The first-order chi connectivity index (χ1) is 13.2. The Morgan fingerprint density at radius 3 is 2.39 bits per heavy atom. The van der Waals surface area contributed by atoms with Crippen LogP contribution >= 0.6 is 12.4 Å². The summed E-state index contributed by atoms with van der Waals surface area (Å²) in [5.74, 6) is 0.196. The summed E-state index contributed by atoms with van der Waals surface area (Å²) in [7, 11) is 0. The zero-order valence-corrected chi connectivity index (χ0v) is 16.7. The van der Waals surface area contributed by atoms with E-state index < -0.39 is 0 Å². The second kappa shape index (κ2) is 10.8. The van der Waals surface area contributed by atoms with Crippen LogP contribution in [0.15, 0.2) is 54.6 Å². The van der Waals surface area contributed by atoms with E-state index in [0.717, 1.165) is 25.7 Å². The molecule has 0 radical (unpaired) electrons. The Morgan fingerprint density at radius 2 is 1.71 bits per heavy atom. The molecule has 2 atom stereocenters. The highest BCUT2D eigenvalue weighted by molar-refractivity contribution is 5.96. The molecule has 0 saturated heterocycles. The van der Waals surface area contributed by atoms with Crippen molar-refractivity contribution >= 4 is 29.9 Å². The molecule has 150 valence electrons. The average molecular weight is 402 g/mol. The van der Waals surface area contributed by atoms with Gasteiger partial charge in [-0.1, -0.05) is 36.8 Å². The van der Waals surface area contributed by atoms with Crippen molar-refractivity contribution in [3.8, 4) is 0 Å². The summed E-state index contributed by atoms with van der Waals surface area (Å²) < 4.78 is 0. The fraction of sp³-hybridized carbons (Fsp3) is 0.364. The molecule has 2 aromatic rings. The molecular formula is C22H28ClN3O2. The number of hydrogen-bond acceptors (Lipinski definition) is 3. The first-order valence-corrected chi connectivity index (χ1v) is 9.60. The zero-order valence-electron chi connectivity index (χ0n) is 15.9. The van der Waals surface area contributed by atoms with Crippen LogP contribution in [0.25, 0.3) is 0 Å². The largest absolute Gasteiger partial charge is 0.352 e. The van der Waals surface area contributed by atoms with Crippen molar-refractivity contribution in [1.82, 2.24) is 5.32 Å². The first kappa shape index (κ1) is 21.9. The molecule has 2 aromatic carbocycles. The molecule has 0 spiro atoms. The summed E-state index contributed by atoms with van der Waals surface area (Å²) in [5.41, 5.74) is 8.25. The average Bonchev–Trinajstić information content (AvgIpc) is 3.18. The van der Waals surface area contributed by atoms with Crippen LogP contribution < -0.4 is 16.4 Å². The van der Waals surface area contributed by atoms with Crippen LogP contribution in [0.5, 0.6) is 0 Å². The van der Waals surface area contributed by atoms with Crippen molar-refractivity contribution < 1.29 is 9.59 Å². The third-order valence-electron chi connectivity index (χ3n) is 5.26. The van der Waals surface area contributed by atoms with Crippen molar-refractivity contribution in [3.05, 3.63) is 65.7 Å². The first-order valence-electron chi connectivity index (χ1n) is 9.60. The molecule has 28 heavy (non-hydrogen) atoms. The van der Waals surface area contributed by atoms with E-state index in [1.807, 2.05) is 30.3 Å². The van der Waals surface area contributed by atoms with E-state index in [0.29, 0.717) is 24.3 Å². The number of halogens is 1. The predicted octanol–water partition coefficient (Wildman–Crippen LogP) is 3.39. The maximum atomic E-state index is 12.4. The number of carbonyl (C=O) groups excluding carboxylic acids is 2. The lowest BCUT2D eigenvalue weighted by molar-refractivity contribution is -0.120. The molecule has 0 aromatic heterocycles. The van der Waals surface area contributed by atoms with Crippen LogP contribution in [-0.2, 0) is 11.2 Å². The third kappa shape index (κ3) is 5.81. The predicted molar refractivity (Wildman–Crippen MR) is 115 cm³/mol. The van der Waals surface area contributed by atoms with Crippen molar-refractivity contribution in [2.45, 2.75) is 25.7 Å². The topological polar surface area (TPSA) is 84.2 Å². The van der Waals surface area contributed by atoms with E-state index in [4.69, 9.17) is 5.73 Å². The van der Waals surface area contributed by atoms with E-state index >= 15 is 0 Å². The second-order valence-corrected chi connectivity index (χ2v) is 7.09. The fourth-order valence-corrected chi connectivity index (χ4v) is 3.67. The highest BCUT2D eigenvalue weighted by Gasteiger charge is 2.31. The molecule has 4 N–H and O–H groups in total. The number of nitrogens with two attached hydrogens (primary N) is 1. The quantitative estimate of drug-likeness (QED) is 0.664. The van der Waals surface area contributed by atoms with Gasteiger partial charge in [0.1, 0.15) is 0 Å². The maximum absolute atomic E-state index is 12.4. The minimum atomic E-state index is -0.109. The monoisotopic (exact) mass is 401 g/mol. The number of rotatable bonds is 7. The molecule has 0 bridgehead atoms. The van der Waals surface area contributed by atoms with Crippen molar-refractivity contribution in [3.63, 3.8) is 0 Å². The van der Waals surface area contributed by atoms with Crippen LogP contribution in [-0.4, -0.2) is 24.9 Å². The van der Waals surface area contributed by atoms with Crippen molar-refractivity contribution in [2.24, 2.45) is 17.6 Å². The summed E-state index contributed by atoms with van der Waals surface area (Å²) in [6, 6.07) is 17.1. The molecule has 1 aliphatic carbocycles. The van der Waals surface area contributed by atoms with Gasteiger partial charge in [0.2, 0.25) is 5.91 Å². The Morgan fingerprint density at radius 1 is 1.00 bits per heavy atom. The third-order valence-corrected chi connectivity index (χ3v) is 5.26. The highest BCUT2D eigenvalue weighted by Crippen LogP contribution is 2.31. The second-order valence-electron chi connectivity index (χ2n) is 7.09. The van der Waals surface area contributed by atoms with Crippen molar-refractivity contribution in [2.75, 3.05) is 18.4 Å². The fourth-order valence-electron chi connectivity index (χ4n) is 3.67. The summed E-state index contributed by atoms with van der Waals surface area (Å²) in [4.78, 5) is 24.7. The van der Waals surface area contributed by atoms with Crippen molar-refractivity contribution in [1.29, 1.82) is 0 Å². The van der Waals surface area contributed by atoms with Gasteiger partial charge in [-0.2, -0.15) is 0 Å². The molecule has 0 aliphatic heterocycles. The molecule has 0 unspecified atom stereocenters. The number of carbonyl (C=O) groups is 2. The van der Waals surface area contributed by atoms with E-state index in [9.17, 15) is 9.59 Å². The molecule has 5 nitrogen and oxygen atoms in total. The molecule has 0 heterocycles. The smallest absolute Gasteiger partial charge is 0.251 e. The number of amides is 2. The van der Waals surface area contributed by atoms with Crippen LogP contribution in [0.4, 0.5) is 5.69 Å². The van der Waals surface area contributed by atoms with Crippen LogP contribution in [0, 0.1) is 11.8 Å². The lowest BCUT2D eigenvalue weighted by atomic mass is 9.95. The minimum Gasteiger partial charge on any atom is -0.352 e. The van der Waals surface area contributed by atoms with Crippen LogP contribution in [0.3, 0.4) is 0 Å². The van der Waals surface area contributed by atoms with E-state index in [1.54, 1.807) is 24.3 Å². The van der Waals surface area contributed by atoms with Gasteiger partial charge in [0.25, 0.3) is 5.91 Å². The molecule has 1 aliphatic rings. The van der Waals surface area contributed by atoms with Crippen LogP contribution in [0.2, 0.25) is 0 Å². The number of anilines is 1. The Bertz CT molecular complexity index is 765.